The summed E-state index contributed by atoms with van der Waals surface area (Å²) in [7, 11) is 0. The van der Waals surface area contributed by atoms with Crippen molar-refractivity contribution in [2.45, 2.75) is 19.5 Å². The van der Waals surface area contributed by atoms with Crippen molar-refractivity contribution in [2.75, 3.05) is 0 Å². The van der Waals surface area contributed by atoms with Gasteiger partial charge in [-0.25, -0.2) is 0 Å². The molecule has 0 aliphatic rings. The van der Waals surface area contributed by atoms with E-state index in [0.29, 0.717) is 11.3 Å². The summed E-state index contributed by atoms with van der Waals surface area (Å²) in [5.74, 6) is -0.848. The minimum absolute atomic E-state index is 0.0317. The summed E-state index contributed by atoms with van der Waals surface area (Å²) in [5.41, 5.74) is 6.96. The predicted molar refractivity (Wildman–Crippen MR) is 105 cm³/mol. The number of primary amides is 1. The van der Waals surface area contributed by atoms with E-state index in [-0.39, 0.29) is 17.8 Å². The van der Waals surface area contributed by atoms with Gasteiger partial charge < -0.3 is 15.1 Å². The number of nitrogens with two attached hydrogens (primary N) is 1. The first kappa shape index (κ1) is 19.8. The van der Waals surface area contributed by atoms with E-state index in [1.54, 1.807) is 30.3 Å². The van der Waals surface area contributed by atoms with Crippen molar-refractivity contribution >= 4 is 17.5 Å². The Morgan fingerprint density at radius 1 is 1.14 bits per heavy atom. The highest BCUT2D eigenvalue weighted by Gasteiger charge is 2.32. The Labute approximate surface area is 166 Å². The highest BCUT2D eigenvalue weighted by atomic mass is 16.6. The monoisotopic (exact) mass is 393 g/mol. The molecule has 0 fully saturated rings. The third-order valence-electron chi connectivity index (χ3n) is 4.41. The van der Waals surface area contributed by atoms with Gasteiger partial charge in [0.15, 0.2) is 0 Å². The normalized spacial score (nSPS) is 11.6. The van der Waals surface area contributed by atoms with E-state index in [9.17, 15) is 19.7 Å². The molecule has 1 heterocycles. The van der Waals surface area contributed by atoms with Crippen LogP contribution in [0, 0.1) is 17.0 Å². The fraction of sp³-hybridized carbons (Fsp3) is 0.143. The molecule has 0 aliphatic carbocycles. The van der Waals surface area contributed by atoms with Crippen molar-refractivity contribution in [2.24, 2.45) is 5.73 Å². The zero-order valence-corrected chi connectivity index (χ0v) is 15.6. The molecule has 0 radical (unpaired) electrons. The van der Waals surface area contributed by atoms with Crippen molar-refractivity contribution in [3.63, 3.8) is 0 Å². The quantitative estimate of drug-likeness (QED) is 0.487. The third kappa shape index (κ3) is 4.49. The van der Waals surface area contributed by atoms with Crippen LogP contribution in [-0.4, -0.2) is 21.6 Å². The van der Waals surface area contributed by atoms with Gasteiger partial charge in [0.25, 0.3) is 11.6 Å². The summed E-state index contributed by atoms with van der Waals surface area (Å²) >= 11 is 0. The van der Waals surface area contributed by atoms with Crippen LogP contribution in [-0.2, 0) is 11.3 Å². The van der Waals surface area contributed by atoms with Gasteiger partial charge in [0, 0.05) is 17.7 Å². The highest BCUT2D eigenvalue weighted by Crippen LogP contribution is 2.27. The summed E-state index contributed by atoms with van der Waals surface area (Å²) in [4.78, 5) is 37.5. The van der Waals surface area contributed by atoms with Gasteiger partial charge in [-0.2, -0.15) is 0 Å². The molecular weight excluding hydrogens is 374 g/mol. The Morgan fingerprint density at radius 3 is 2.52 bits per heavy atom. The number of carbonyl (C=O) groups excluding carboxylic acids is 2. The molecule has 3 rings (SSSR count). The number of hydrogen-bond donors (Lipinski definition) is 1. The van der Waals surface area contributed by atoms with E-state index in [0.717, 1.165) is 5.56 Å². The fourth-order valence-electron chi connectivity index (χ4n) is 3.11. The zero-order valence-electron chi connectivity index (χ0n) is 15.6. The summed E-state index contributed by atoms with van der Waals surface area (Å²) in [6, 6.07) is 14.7. The van der Waals surface area contributed by atoms with E-state index < -0.39 is 22.8 Å². The molecule has 0 saturated heterocycles. The second-order valence-electron chi connectivity index (χ2n) is 6.54. The topological polar surface area (TPSA) is 120 Å². The van der Waals surface area contributed by atoms with Crippen LogP contribution in [0.25, 0.3) is 0 Å². The van der Waals surface area contributed by atoms with Crippen molar-refractivity contribution in [3.8, 4) is 0 Å². The molecule has 29 heavy (non-hydrogen) atoms. The van der Waals surface area contributed by atoms with Gasteiger partial charge in [0.1, 0.15) is 11.8 Å². The van der Waals surface area contributed by atoms with Crippen LogP contribution in [0.4, 0.5) is 5.69 Å². The Balaban J connectivity index is 2.07. The molecule has 2 aromatic carbocycles. The molecule has 1 aromatic heterocycles. The number of carbonyl (C=O) groups is 2. The smallest absolute Gasteiger partial charge is 0.270 e. The van der Waals surface area contributed by atoms with E-state index in [4.69, 9.17) is 10.2 Å². The molecule has 1 atom stereocenters. The Morgan fingerprint density at radius 2 is 1.90 bits per heavy atom. The van der Waals surface area contributed by atoms with Gasteiger partial charge >= 0.3 is 0 Å². The Hall–Kier alpha value is -3.94. The molecule has 3 aromatic rings. The maximum absolute atomic E-state index is 13.3. The maximum Gasteiger partial charge on any atom is 0.270 e. The fourth-order valence-corrected chi connectivity index (χ4v) is 3.11. The number of hydrogen-bond acceptors (Lipinski definition) is 5. The van der Waals surface area contributed by atoms with Gasteiger partial charge in [0.05, 0.1) is 17.7 Å². The van der Waals surface area contributed by atoms with Crippen molar-refractivity contribution in [1.29, 1.82) is 0 Å². The molecule has 0 aliphatic heterocycles. The summed E-state index contributed by atoms with van der Waals surface area (Å²) < 4.78 is 5.35. The summed E-state index contributed by atoms with van der Waals surface area (Å²) in [6.07, 6.45) is 1.46. The number of nitro groups is 1. The number of amides is 2. The molecular formula is C21H19N3O5. The molecule has 2 N–H and O–H groups in total. The van der Waals surface area contributed by atoms with Crippen LogP contribution in [0.3, 0.4) is 0 Å². The zero-order chi connectivity index (χ0) is 21.0. The number of nitro benzene ring substituents is 1. The molecule has 8 nitrogen and oxygen atoms in total. The van der Waals surface area contributed by atoms with Crippen molar-refractivity contribution < 1.29 is 18.9 Å². The van der Waals surface area contributed by atoms with Crippen LogP contribution in [0.1, 0.15) is 33.3 Å². The minimum atomic E-state index is -1.08. The first-order valence-electron chi connectivity index (χ1n) is 8.80. The lowest BCUT2D eigenvalue weighted by molar-refractivity contribution is -0.384. The molecule has 148 valence electrons. The standard InChI is InChI=1S/C21H19N3O5/c1-14-5-2-6-15(11-14)19(20(22)25)23(13-18-9-4-10-29-18)21(26)16-7-3-8-17(12-16)24(27)28/h2-12,19H,13H2,1H3,(H2,22,25). The number of benzene rings is 2. The number of rotatable bonds is 7. The molecule has 0 saturated carbocycles. The number of furan rings is 1. The highest BCUT2D eigenvalue weighted by molar-refractivity contribution is 5.98. The lowest BCUT2D eigenvalue weighted by Gasteiger charge is -2.29. The van der Waals surface area contributed by atoms with Gasteiger partial charge in [0.2, 0.25) is 5.91 Å². The van der Waals surface area contributed by atoms with Gasteiger partial charge in [-0.1, -0.05) is 35.9 Å². The van der Waals surface area contributed by atoms with E-state index >= 15 is 0 Å². The van der Waals surface area contributed by atoms with Crippen LogP contribution < -0.4 is 5.73 Å². The maximum atomic E-state index is 13.3. The predicted octanol–water partition coefficient (Wildman–Crippen LogP) is 3.37. The van der Waals surface area contributed by atoms with Gasteiger partial charge in [-0.05, 0) is 30.7 Å². The van der Waals surface area contributed by atoms with Crippen LogP contribution in [0.2, 0.25) is 0 Å². The van der Waals surface area contributed by atoms with Crippen molar-refractivity contribution in [1.82, 2.24) is 4.90 Å². The number of nitrogens with zero attached hydrogens (tertiary/aromatic N) is 2. The largest absolute Gasteiger partial charge is 0.467 e. The molecule has 1 unspecified atom stereocenters. The third-order valence-corrected chi connectivity index (χ3v) is 4.41. The minimum Gasteiger partial charge on any atom is -0.467 e. The number of aryl methyl sites for hydroxylation is 1. The first-order valence-corrected chi connectivity index (χ1v) is 8.80. The van der Waals surface area contributed by atoms with Gasteiger partial charge in [-0.3, -0.25) is 19.7 Å². The van der Waals surface area contributed by atoms with Crippen LogP contribution >= 0.6 is 0 Å². The van der Waals surface area contributed by atoms with E-state index in [2.05, 4.69) is 0 Å². The molecule has 0 spiro atoms. The number of non-ortho nitro benzene ring substituents is 1. The van der Waals surface area contributed by atoms with Crippen molar-refractivity contribution in [3.05, 3.63) is 99.5 Å². The Bertz CT molecular complexity index is 1050. The first-order chi connectivity index (χ1) is 13.9. The SMILES string of the molecule is Cc1cccc(C(C(N)=O)N(Cc2ccco2)C(=O)c2cccc([N+](=O)[O-])c2)c1. The summed E-state index contributed by atoms with van der Waals surface area (Å²) in [6.45, 7) is 1.83. The molecule has 0 bridgehead atoms. The van der Waals surface area contributed by atoms with Crippen LogP contribution in [0.5, 0.6) is 0 Å². The second kappa shape index (κ2) is 8.39. The van der Waals surface area contributed by atoms with E-state index in [1.807, 2.05) is 13.0 Å². The molecule has 2 amide bonds. The van der Waals surface area contributed by atoms with E-state index in [1.165, 1.54) is 35.4 Å². The lowest BCUT2D eigenvalue weighted by atomic mass is 10.0. The van der Waals surface area contributed by atoms with Crippen LogP contribution in [0.15, 0.2) is 71.3 Å². The second-order valence-corrected chi connectivity index (χ2v) is 6.54. The average Bonchev–Trinajstić information content (AvgIpc) is 3.20. The Kier molecular flexibility index (Phi) is 5.73. The average molecular weight is 393 g/mol. The van der Waals surface area contributed by atoms with Gasteiger partial charge in [-0.15, -0.1) is 0 Å². The molecule has 8 heteroatoms. The summed E-state index contributed by atoms with van der Waals surface area (Å²) in [5, 5.41) is 11.1. The lowest BCUT2D eigenvalue weighted by Crippen LogP contribution is -2.41.